The molecule has 1 aliphatic carbocycles. The number of carbonyl (C=O) groups excluding carboxylic acids is 1. The maximum atomic E-state index is 11.4. The van der Waals surface area contributed by atoms with Crippen LogP contribution < -0.4 is 0 Å². The molecule has 1 saturated carbocycles. The van der Waals surface area contributed by atoms with E-state index in [1.165, 1.54) is 19.1 Å². The number of hydrogen-bond acceptors (Lipinski definition) is 2. The van der Waals surface area contributed by atoms with E-state index < -0.39 is 0 Å². The molecule has 2 nitrogen and oxygen atoms in total. The Bertz CT molecular complexity index is 201. The Morgan fingerprint density at radius 1 is 1.40 bits per heavy atom. The van der Waals surface area contributed by atoms with Crippen LogP contribution in [0.4, 0.5) is 0 Å². The molecule has 0 spiro atoms. The Balaban J connectivity index is 2.62. The van der Waals surface area contributed by atoms with Gasteiger partial charge in [-0.1, -0.05) is 33.6 Å². The first-order valence-electron chi connectivity index (χ1n) is 6.34. The average molecular weight is 211 g/mol. The van der Waals surface area contributed by atoms with Gasteiger partial charge in [0.2, 0.25) is 0 Å². The van der Waals surface area contributed by atoms with E-state index in [-0.39, 0.29) is 5.41 Å². The number of rotatable bonds is 5. The van der Waals surface area contributed by atoms with Gasteiger partial charge in [0.1, 0.15) is 6.29 Å². The van der Waals surface area contributed by atoms with Crippen LogP contribution in [-0.2, 0) is 4.79 Å². The molecule has 0 bridgehead atoms. The molecule has 0 amide bonds. The van der Waals surface area contributed by atoms with Crippen LogP contribution in [0.5, 0.6) is 0 Å². The standard InChI is InChI=1S/C13H25NO/c1-4-14(5-2)10-13(11-15)8-6-7-12(3)9-13/h11-12H,4-10H2,1-3H3. The summed E-state index contributed by atoms with van der Waals surface area (Å²) >= 11 is 0. The maximum absolute atomic E-state index is 11.4. The fraction of sp³-hybridized carbons (Fsp3) is 0.923. The maximum Gasteiger partial charge on any atom is 0.127 e. The Hall–Kier alpha value is -0.370. The zero-order chi connectivity index (χ0) is 11.3. The number of carbonyl (C=O) groups is 1. The van der Waals surface area contributed by atoms with Crippen molar-refractivity contribution in [3.8, 4) is 0 Å². The molecule has 2 unspecified atom stereocenters. The number of aldehydes is 1. The monoisotopic (exact) mass is 211 g/mol. The quantitative estimate of drug-likeness (QED) is 0.652. The first kappa shape index (κ1) is 12.7. The minimum Gasteiger partial charge on any atom is -0.303 e. The van der Waals surface area contributed by atoms with Gasteiger partial charge in [0.15, 0.2) is 0 Å². The molecule has 0 aromatic heterocycles. The summed E-state index contributed by atoms with van der Waals surface area (Å²) in [6.45, 7) is 9.71. The van der Waals surface area contributed by atoms with Crippen LogP contribution in [0, 0.1) is 11.3 Å². The molecule has 15 heavy (non-hydrogen) atoms. The second kappa shape index (κ2) is 5.64. The summed E-state index contributed by atoms with van der Waals surface area (Å²) in [5, 5.41) is 0. The minimum absolute atomic E-state index is 0.0380. The zero-order valence-electron chi connectivity index (χ0n) is 10.5. The Labute approximate surface area is 94.0 Å². The van der Waals surface area contributed by atoms with Gasteiger partial charge in [-0.15, -0.1) is 0 Å². The van der Waals surface area contributed by atoms with Gasteiger partial charge in [-0.05, 0) is 31.8 Å². The van der Waals surface area contributed by atoms with Gasteiger partial charge in [0.25, 0.3) is 0 Å². The molecule has 0 saturated heterocycles. The van der Waals surface area contributed by atoms with Gasteiger partial charge in [0.05, 0.1) is 0 Å². The SMILES string of the molecule is CCN(CC)CC1(C=O)CCCC(C)C1. The Kier molecular flexibility index (Phi) is 4.78. The van der Waals surface area contributed by atoms with Crippen LogP contribution in [-0.4, -0.2) is 30.8 Å². The Morgan fingerprint density at radius 3 is 2.53 bits per heavy atom. The fourth-order valence-corrected chi connectivity index (χ4v) is 2.88. The molecule has 88 valence electrons. The summed E-state index contributed by atoms with van der Waals surface area (Å²) in [5.74, 6) is 0.722. The van der Waals surface area contributed by atoms with Gasteiger partial charge in [-0.25, -0.2) is 0 Å². The van der Waals surface area contributed by atoms with E-state index in [1.54, 1.807) is 0 Å². The summed E-state index contributed by atoms with van der Waals surface area (Å²) in [7, 11) is 0. The molecule has 2 atom stereocenters. The van der Waals surface area contributed by atoms with Crippen molar-refractivity contribution in [1.82, 2.24) is 4.90 Å². The average Bonchev–Trinajstić information content (AvgIpc) is 2.26. The van der Waals surface area contributed by atoms with Crippen LogP contribution in [0.1, 0.15) is 46.5 Å². The van der Waals surface area contributed by atoms with E-state index in [9.17, 15) is 4.79 Å². The first-order valence-corrected chi connectivity index (χ1v) is 6.34. The summed E-state index contributed by atoms with van der Waals surface area (Å²) < 4.78 is 0. The van der Waals surface area contributed by atoms with Crippen LogP contribution in [0.15, 0.2) is 0 Å². The lowest BCUT2D eigenvalue weighted by atomic mass is 9.70. The van der Waals surface area contributed by atoms with Gasteiger partial charge < -0.3 is 9.69 Å². The molecule has 0 aromatic carbocycles. The number of nitrogens with zero attached hydrogens (tertiary/aromatic N) is 1. The molecular formula is C13H25NO. The summed E-state index contributed by atoms with van der Waals surface area (Å²) in [4.78, 5) is 13.7. The molecule has 0 radical (unpaired) electrons. The van der Waals surface area contributed by atoms with Crippen molar-refractivity contribution in [3.05, 3.63) is 0 Å². The molecule has 0 aromatic rings. The molecule has 2 heteroatoms. The van der Waals surface area contributed by atoms with E-state index in [4.69, 9.17) is 0 Å². The summed E-state index contributed by atoms with van der Waals surface area (Å²) in [6, 6.07) is 0. The fourth-order valence-electron chi connectivity index (χ4n) is 2.88. The topological polar surface area (TPSA) is 20.3 Å². The Morgan fingerprint density at radius 2 is 2.07 bits per heavy atom. The lowest BCUT2D eigenvalue weighted by Crippen LogP contribution is -2.41. The highest BCUT2D eigenvalue weighted by atomic mass is 16.1. The predicted octanol–water partition coefficient (Wildman–Crippen LogP) is 2.72. The predicted molar refractivity (Wildman–Crippen MR) is 63.9 cm³/mol. The molecule has 1 aliphatic rings. The van der Waals surface area contributed by atoms with Crippen molar-refractivity contribution >= 4 is 6.29 Å². The van der Waals surface area contributed by atoms with E-state index in [1.807, 2.05) is 0 Å². The van der Waals surface area contributed by atoms with Crippen LogP contribution in [0.2, 0.25) is 0 Å². The molecule has 0 heterocycles. The summed E-state index contributed by atoms with van der Waals surface area (Å²) in [5.41, 5.74) is -0.0380. The van der Waals surface area contributed by atoms with Crippen LogP contribution in [0.25, 0.3) is 0 Å². The van der Waals surface area contributed by atoms with E-state index in [2.05, 4.69) is 25.7 Å². The van der Waals surface area contributed by atoms with E-state index >= 15 is 0 Å². The van der Waals surface area contributed by atoms with Crippen molar-refractivity contribution in [2.24, 2.45) is 11.3 Å². The third kappa shape index (κ3) is 3.30. The van der Waals surface area contributed by atoms with Crippen molar-refractivity contribution in [1.29, 1.82) is 0 Å². The second-order valence-electron chi connectivity index (χ2n) is 5.14. The van der Waals surface area contributed by atoms with Crippen LogP contribution in [0.3, 0.4) is 0 Å². The zero-order valence-corrected chi connectivity index (χ0v) is 10.5. The minimum atomic E-state index is -0.0380. The van der Waals surface area contributed by atoms with Crippen molar-refractivity contribution in [3.63, 3.8) is 0 Å². The lowest BCUT2D eigenvalue weighted by Gasteiger charge is -2.38. The van der Waals surface area contributed by atoms with E-state index in [0.29, 0.717) is 0 Å². The van der Waals surface area contributed by atoms with Crippen molar-refractivity contribution in [2.45, 2.75) is 46.5 Å². The largest absolute Gasteiger partial charge is 0.303 e. The molecule has 1 rings (SSSR count). The van der Waals surface area contributed by atoms with Gasteiger partial charge in [-0.2, -0.15) is 0 Å². The number of hydrogen-bond donors (Lipinski definition) is 0. The van der Waals surface area contributed by atoms with Gasteiger partial charge >= 0.3 is 0 Å². The highest BCUT2D eigenvalue weighted by Crippen LogP contribution is 2.38. The first-order chi connectivity index (χ1) is 7.15. The highest BCUT2D eigenvalue weighted by Gasteiger charge is 2.35. The van der Waals surface area contributed by atoms with Crippen LogP contribution >= 0.6 is 0 Å². The summed E-state index contributed by atoms with van der Waals surface area (Å²) in [6.07, 6.45) is 5.94. The molecule has 1 fully saturated rings. The molecular weight excluding hydrogens is 186 g/mol. The van der Waals surface area contributed by atoms with E-state index in [0.717, 1.165) is 38.4 Å². The molecule has 0 aliphatic heterocycles. The smallest absolute Gasteiger partial charge is 0.127 e. The van der Waals surface area contributed by atoms with Gasteiger partial charge in [-0.3, -0.25) is 0 Å². The highest BCUT2D eigenvalue weighted by molar-refractivity contribution is 5.60. The van der Waals surface area contributed by atoms with Crippen molar-refractivity contribution < 1.29 is 4.79 Å². The second-order valence-corrected chi connectivity index (χ2v) is 5.14. The van der Waals surface area contributed by atoms with Gasteiger partial charge in [0, 0.05) is 12.0 Å². The third-order valence-electron chi connectivity index (χ3n) is 3.81. The lowest BCUT2D eigenvalue weighted by molar-refractivity contribution is -0.120. The molecule has 0 N–H and O–H groups in total. The third-order valence-corrected chi connectivity index (χ3v) is 3.81. The van der Waals surface area contributed by atoms with Crippen molar-refractivity contribution in [2.75, 3.05) is 19.6 Å². The normalized spacial score (nSPS) is 31.9.